The number of aliphatic imine (C=N–C) groups is 3. The molecule has 2 rings (SSSR count). The van der Waals surface area contributed by atoms with Gasteiger partial charge in [0.15, 0.2) is 0 Å². The SMILES string of the molecule is O=C=NCCCC1(CN=C=O)CC2(CN=C=O)CCC1C2. The van der Waals surface area contributed by atoms with Gasteiger partial charge < -0.3 is 0 Å². The molecule has 0 aromatic rings. The highest BCUT2D eigenvalue weighted by Crippen LogP contribution is 2.64. The van der Waals surface area contributed by atoms with Gasteiger partial charge >= 0.3 is 0 Å². The van der Waals surface area contributed by atoms with Crippen LogP contribution in [0.1, 0.15) is 38.5 Å². The van der Waals surface area contributed by atoms with Crippen LogP contribution in [0.2, 0.25) is 0 Å². The minimum Gasteiger partial charge on any atom is -0.211 e. The molecule has 112 valence electrons. The summed E-state index contributed by atoms with van der Waals surface area (Å²) < 4.78 is 0. The lowest BCUT2D eigenvalue weighted by Crippen LogP contribution is -2.34. The molecule has 0 spiro atoms. The highest BCUT2D eigenvalue weighted by molar-refractivity contribution is 5.34. The Morgan fingerprint density at radius 2 is 1.71 bits per heavy atom. The van der Waals surface area contributed by atoms with Crippen molar-refractivity contribution in [2.45, 2.75) is 38.5 Å². The van der Waals surface area contributed by atoms with E-state index in [1.54, 1.807) is 18.2 Å². The van der Waals surface area contributed by atoms with Gasteiger partial charge in [0.2, 0.25) is 18.2 Å². The molecule has 6 heteroatoms. The fourth-order valence-corrected chi connectivity index (χ4v) is 4.48. The third-order valence-electron chi connectivity index (χ3n) is 5.24. The Morgan fingerprint density at radius 1 is 1.00 bits per heavy atom. The Bertz CT molecular complexity index is 530. The van der Waals surface area contributed by atoms with Crippen molar-refractivity contribution >= 4 is 18.2 Å². The Hall–Kier alpha value is -1.86. The first-order chi connectivity index (χ1) is 10.2. The van der Waals surface area contributed by atoms with Crippen molar-refractivity contribution in [3.63, 3.8) is 0 Å². The summed E-state index contributed by atoms with van der Waals surface area (Å²) in [5, 5.41) is 0. The number of rotatable bonds is 8. The van der Waals surface area contributed by atoms with Crippen molar-refractivity contribution in [1.29, 1.82) is 0 Å². The van der Waals surface area contributed by atoms with Gasteiger partial charge in [-0.2, -0.15) is 0 Å². The summed E-state index contributed by atoms with van der Waals surface area (Å²) in [4.78, 5) is 42.3. The number of nitrogens with zero attached hydrogens (tertiary/aromatic N) is 3. The standard InChI is InChI=1S/C15H19N3O3/c19-10-16-5-1-3-15(9-18-12-21)7-14(8-17-11-20)4-2-13(15)6-14/h13H,1-9H2. The molecule has 0 saturated heterocycles. The van der Waals surface area contributed by atoms with Gasteiger partial charge in [0.1, 0.15) is 0 Å². The van der Waals surface area contributed by atoms with Crippen LogP contribution in [0.25, 0.3) is 0 Å². The van der Waals surface area contributed by atoms with E-state index in [4.69, 9.17) is 0 Å². The van der Waals surface area contributed by atoms with Crippen LogP contribution in [0.4, 0.5) is 0 Å². The molecule has 0 radical (unpaired) electrons. The average Bonchev–Trinajstić information content (AvgIpc) is 3.05. The summed E-state index contributed by atoms with van der Waals surface area (Å²) in [6, 6.07) is 0. The van der Waals surface area contributed by atoms with Crippen molar-refractivity contribution in [3.05, 3.63) is 0 Å². The van der Waals surface area contributed by atoms with Crippen molar-refractivity contribution in [1.82, 2.24) is 0 Å². The summed E-state index contributed by atoms with van der Waals surface area (Å²) >= 11 is 0. The molecule has 2 aliphatic carbocycles. The molecule has 0 heterocycles. The van der Waals surface area contributed by atoms with E-state index in [0.29, 0.717) is 25.6 Å². The molecule has 0 amide bonds. The lowest BCUT2D eigenvalue weighted by molar-refractivity contribution is 0.127. The summed E-state index contributed by atoms with van der Waals surface area (Å²) in [6.45, 7) is 1.45. The summed E-state index contributed by atoms with van der Waals surface area (Å²) in [5.41, 5.74) is 0.0286. The van der Waals surface area contributed by atoms with E-state index in [0.717, 1.165) is 38.5 Å². The van der Waals surface area contributed by atoms with E-state index in [2.05, 4.69) is 15.0 Å². The van der Waals surface area contributed by atoms with E-state index in [9.17, 15) is 14.4 Å². The smallest absolute Gasteiger partial charge is 0.211 e. The lowest BCUT2D eigenvalue weighted by atomic mass is 9.67. The van der Waals surface area contributed by atoms with Gasteiger partial charge in [0.05, 0.1) is 19.6 Å². The normalized spacial score (nSPS) is 32.9. The minimum absolute atomic E-state index is 0.0352. The molecule has 21 heavy (non-hydrogen) atoms. The van der Waals surface area contributed by atoms with Gasteiger partial charge in [-0.25, -0.2) is 29.4 Å². The monoisotopic (exact) mass is 289 g/mol. The maximum absolute atomic E-state index is 10.5. The Morgan fingerprint density at radius 3 is 2.43 bits per heavy atom. The van der Waals surface area contributed by atoms with Crippen LogP contribution in [0, 0.1) is 16.7 Å². The van der Waals surface area contributed by atoms with E-state index < -0.39 is 0 Å². The predicted octanol–water partition coefficient (Wildman–Crippen LogP) is 1.95. The molecule has 3 atom stereocenters. The quantitative estimate of drug-likeness (QED) is 0.388. The van der Waals surface area contributed by atoms with Gasteiger partial charge in [-0.05, 0) is 55.3 Å². The first-order valence-electron chi connectivity index (χ1n) is 7.31. The Labute approximate surface area is 123 Å². The van der Waals surface area contributed by atoms with Crippen molar-refractivity contribution in [3.8, 4) is 0 Å². The lowest BCUT2D eigenvalue weighted by Gasteiger charge is -2.39. The maximum atomic E-state index is 10.5. The van der Waals surface area contributed by atoms with Gasteiger partial charge in [-0.15, -0.1) is 0 Å². The molecular formula is C15H19N3O3. The molecule has 0 aromatic heterocycles. The van der Waals surface area contributed by atoms with Crippen molar-refractivity contribution in [2.24, 2.45) is 31.7 Å². The van der Waals surface area contributed by atoms with E-state index in [1.165, 1.54) is 0 Å². The maximum Gasteiger partial charge on any atom is 0.234 e. The van der Waals surface area contributed by atoms with Gasteiger partial charge in [0.25, 0.3) is 0 Å². The summed E-state index contributed by atoms with van der Waals surface area (Å²) in [5.74, 6) is 0.497. The second-order valence-corrected chi connectivity index (χ2v) is 6.37. The predicted molar refractivity (Wildman–Crippen MR) is 75.0 cm³/mol. The average molecular weight is 289 g/mol. The van der Waals surface area contributed by atoms with Gasteiger partial charge in [0, 0.05) is 0 Å². The molecule has 3 unspecified atom stereocenters. The Balaban J connectivity index is 2.11. The van der Waals surface area contributed by atoms with Crippen LogP contribution in [-0.2, 0) is 14.4 Å². The second-order valence-electron chi connectivity index (χ2n) is 6.37. The first-order valence-corrected chi connectivity index (χ1v) is 7.31. The van der Waals surface area contributed by atoms with E-state index in [1.807, 2.05) is 0 Å². The highest BCUT2D eigenvalue weighted by atomic mass is 16.1. The largest absolute Gasteiger partial charge is 0.234 e. The molecule has 2 aliphatic rings. The highest BCUT2D eigenvalue weighted by Gasteiger charge is 2.57. The van der Waals surface area contributed by atoms with Gasteiger partial charge in [-0.1, -0.05) is 0 Å². The second kappa shape index (κ2) is 6.73. The third kappa shape index (κ3) is 3.25. The molecular weight excluding hydrogens is 270 g/mol. The topological polar surface area (TPSA) is 88.3 Å². The van der Waals surface area contributed by atoms with Gasteiger partial charge in [-0.3, -0.25) is 0 Å². The fraction of sp³-hybridized carbons (Fsp3) is 0.800. The zero-order chi connectivity index (χ0) is 15.2. The van der Waals surface area contributed by atoms with Crippen LogP contribution < -0.4 is 0 Å². The number of hydrogen-bond acceptors (Lipinski definition) is 6. The molecule has 2 fully saturated rings. The van der Waals surface area contributed by atoms with Crippen LogP contribution in [0.5, 0.6) is 0 Å². The summed E-state index contributed by atoms with van der Waals surface area (Å²) in [7, 11) is 0. The molecule has 2 saturated carbocycles. The van der Waals surface area contributed by atoms with Crippen LogP contribution in [0.15, 0.2) is 15.0 Å². The first kappa shape index (κ1) is 15.5. The number of carbonyl (C=O) groups excluding carboxylic acids is 3. The Kier molecular flexibility index (Phi) is 4.98. The molecule has 0 N–H and O–H groups in total. The zero-order valence-corrected chi connectivity index (χ0v) is 12.0. The van der Waals surface area contributed by atoms with E-state index in [-0.39, 0.29) is 10.8 Å². The number of hydrogen-bond donors (Lipinski definition) is 0. The van der Waals surface area contributed by atoms with Crippen LogP contribution in [-0.4, -0.2) is 37.9 Å². The molecule has 0 aliphatic heterocycles. The zero-order valence-electron chi connectivity index (χ0n) is 12.0. The molecule has 6 nitrogen and oxygen atoms in total. The van der Waals surface area contributed by atoms with E-state index >= 15 is 0 Å². The fourth-order valence-electron chi connectivity index (χ4n) is 4.48. The third-order valence-corrected chi connectivity index (χ3v) is 5.24. The number of fused-ring (bicyclic) bond motifs is 2. The van der Waals surface area contributed by atoms with Crippen LogP contribution in [0.3, 0.4) is 0 Å². The number of isocyanates is 3. The van der Waals surface area contributed by atoms with Crippen LogP contribution >= 0.6 is 0 Å². The molecule has 0 aromatic carbocycles. The summed E-state index contributed by atoms with van der Waals surface area (Å²) in [6.07, 6.45) is 10.6. The molecule has 2 bridgehead atoms. The minimum atomic E-state index is -0.0352. The van der Waals surface area contributed by atoms with Crippen molar-refractivity contribution < 1.29 is 14.4 Å². The van der Waals surface area contributed by atoms with Crippen molar-refractivity contribution in [2.75, 3.05) is 19.6 Å².